The fraction of sp³-hybridized carbons (Fsp3) is 0.769. The summed E-state index contributed by atoms with van der Waals surface area (Å²) in [5.41, 5.74) is 2.58. The van der Waals surface area contributed by atoms with E-state index in [4.69, 9.17) is 14.5 Å². The van der Waals surface area contributed by atoms with Crippen molar-refractivity contribution in [3.05, 3.63) is 29.3 Å². The molecule has 1 aromatic rings. The Kier molecular flexibility index (Phi) is 8.82. The summed E-state index contributed by atoms with van der Waals surface area (Å²) in [5.74, 6) is 4.03. The number of ether oxygens (including phenoxy) is 1. The largest absolute Gasteiger partial charge is 0.472 e. The van der Waals surface area contributed by atoms with E-state index < -0.39 is 25.4 Å². The zero-order valence-electron chi connectivity index (χ0n) is 20.9. The van der Waals surface area contributed by atoms with Crippen LogP contribution < -0.4 is 4.74 Å². The van der Waals surface area contributed by atoms with E-state index in [0.29, 0.717) is 29.4 Å². The first kappa shape index (κ1) is 27.3. The van der Waals surface area contributed by atoms with Gasteiger partial charge in [0.15, 0.2) is 6.79 Å². The average molecular weight is 529 g/mol. The predicted octanol–water partition coefficient (Wildman–Crippen LogP) is 4.90. The van der Waals surface area contributed by atoms with Crippen LogP contribution in [0, 0.1) is 23.2 Å². The molecule has 2 saturated carbocycles. The van der Waals surface area contributed by atoms with Gasteiger partial charge in [-0.3, -0.25) is 4.21 Å². The zero-order valence-corrected chi connectivity index (χ0v) is 22.6. The first-order valence-electron chi connectivity index (χ1n) is 13.1. The molecule has 0 saturated heterocycles. The van der Waals surface area contributed by atoms with E-state index in [9.17, 15) is 13.9 Å². The number of hydrogen-bond acceptors (Lipinski definition) is 5. The number of phosphoric acid groups is 1. The molecular weight excluding hydrogens is 487 g/mol. The molecule has 0 aromatic heterocycles. The monoisotopic (exact) mass is 528 g/mol. The highest BCUT2D eigenvalue weighted by molar-refractivity contribution is 7.84. The van der Waals surface area contributed by atoms with Gasteiger partial charge in [0.25, 0.3) is 0 Å². The Morgan fingerprint density at radius 3 is 2.69 bits per heavy atom. The lowest BCUT2D eigenvalue weighted by Crippen LogP contribution is -2.47. The topological polar surface area (TPSA) is 113 Å². The molecule has 0 bridgehead atoms. The predicted molar refractivity (Wildman–Crippen MR) is 137 cm³/mol. The summed E-state index contributed by atoms with van der Waals surface area (Å²) < 4.78 is 33.3. The molecule has 3 N–H and O–H groups in total. The minimum atomic E-state index is -4.58. The van der Waals surface area contributed by atoms with E-state index in [-0.39, 0.29) is 11.5 Å². The Bertz CT molecular complexity index is 950. The first-order valence-corrected chi connectivity index (χ1v) is 16.1. The molecule has 7 nitrogen and oxygen atoms in total. The van der Waals surface area contributed by atoms with Crippen molar-refractivity contribution in [1.82, 2.24) is 0 Å². The molecule has 1 unspecified atom stereocenters. The van der Waals surface area contributed by atoms with Gasteiger partial charge in [0.1, 0.15) is 5.75 Å². The summed E-state index contributed by atoms with van der Waals surface area (Å²) in [6.07, 6.45) is 8.82. The van der Waals surface area contributed by atoms with Gasteiger partial charge in [-0.15, -0.1) is 0 Å². The number of hydrogen-bond donors (Lipinski definition) is 3. The van der Waals surface area contributed by atoms with Crippen LogP contribution >= 0.6 is 7.82 Å². The van der Waals surface area contributed by atoms with Crippen molar-refractivity contribution >= 4 is 18.6 Å². The summed E-state index contributed by atoms with van der Waals surface area (Å²) in [7, 11) is -5.33. The van der Waals surface area contributed by atoms with Crippen LogP contribution in [0.4, 0.5) is 0 Å². The molecule has 0 aliphatic heterocycles. The zero-order chi connectivity index (χ0) is 25.2. The van der Waals surface area contributed by atoms with Crippen LogP contribution in [0.1, 0.15) is 82.3 Å². The summed E-state index contributed by atoms with van der Waals surface area (Å²) in [5, 5.41) is 10.8. The number of benzene rings is 1. The highest BCUT2D eigenvalue weighted by atomic mass is 32.2. The maximum absolute atomic E-state index is 12.4. The van der Waals surface area contributed by atoms with Gasteiger partial charge in [0, 0.05) is 22.3 Å². The highest BCUT2D eigenvalue weighted by Gasteiger charge is 2.56. The molecule has 1 aromatic carbocycles. The van der Waals surface area contributed by atoms with Crippen LogP contribution in [0.5, 0.6) is 5.75 Å². The van der Waals surface area contributed by atoms with Crippen LogP contribution in [0.2, 0.25) is 0 Å². The Labute approximate surface area is 211 Å². The van der Waals surface area contributed by atoms with E-state index in [1.807, 2.05) is 12.1 Å². The number of rotatable bonds is 11. The molecule has 4 rings (SSSR count). The maximum atomic E-state index is 12.4. The molecule has 0 radical (unpaired) electrons. The Morgan fingerprint density at radius 1 is 1.17 bits per heavy atom. The van der Waals surface area contributed by atoms with Crippen molar-refractivity contribution in [2.24, 2.45) is 23.2 Å². The van der Waals surface area contributed by atoms with Crippen molar-refractivity contribution in [2.75, 3.05) is 18.3 Å². The fourth-order valence-corrected chi connectivity index (χ4v) is 8.68. The molecule has 3 aliphatic carbocycles. The average Bonchev–Trinajstić information content (AvgIpc) is 3.11. The number of aliphatic hydroxyl groups is 1. The van der Waals surface area contributed by atoms with Crippen LogP contribution in [0.25, 0.3) is 0 Å². The van der Waals surface area contributed by atoms with Crippen LogP contribution in [0.15, 0.2) is 18.2 Å². The summed E-state index contributed by atoms with van der Waals surface area (Å²) in [6.45, 7) is 3.92. The van der Waals surface area contributed by atoms with Crippen molar-refractivity contribution in [2.45, 2.75) is 83.7 Å². The molecule has 0 amide bonds. The molecule has 3 aliphatic rings. The van der Waals surface area contributed by atoms with Gasteiger partial charge in [-0.1, -0.05) is 26.3 Å². The second-order valence-corrected chi connectivity index (χ2v) is 13.9. The fourth-order valence-electron chi connectivity index (χ4n) is 7.19. The third kappa shape index (κ3) is 6.22. The van der Waals surface area contributed by atoms with Gasteiger partial charge in [-0.05, 0) is 104 Å². The van der Waals surface area contributed by atoms with E-state index in [0.717, 1.165) is 69.3 Å². The summed E-state index contributed by atoms with van der Waals surface area (Å²) >= 11 is 0. The number of aliphatic hydroxyl groups excluding tert-OH is 1. The standard InChI is InChI=1S/C26H41O7PS/c1-3-4-13-35(31)14-5-6-18-15-19-16-20(32-17-33-34(28,29)30)7-8-21(19)22-11-12-26(2)23(25(18)22)9-10-24(26)27/h7-8,16,18,22-25,27H,3-6,9-15,17H2,1-2H3,(H2,28,29,30)/t18-,22-,23+,24+,25-,26+,35?/m1/s1. The lowest BCUT2D eigenvalue weighted by Gasteiger charge is -2.53. The van der Waals surface area contributed by atoms with Crippen molar-refractivity contribution in [3.63, 3.8) is 0 Å². The lowest BCUT2D eigenvalue weighted by molar-refractivity contribution is -0.0393. The molecule has 0 heterocycles. The molecular formula is C26H41O7PS. The van der Waals surface area contributed by atoms with E-state index in [1.54, 1.807) is 0 Å². The smallest absolute Gasteiger partial charge is 0.467 e. The third-order valence-corrected chi connectivity index (χ3v) is 10.9. The molecule has 9 heteroatoms. The van der Waals surface area contributed by atoms with Crippen LogP contribution in [-0.4, -0.2) is 43.5 Å². The molecule has 35 heavy (non-hydrogen) atoms. The molecule has 198 valence electrons. The minimum absolute atomic E-state index is 0.0101. The Hall–Kier alpha value is -0.760. The first-order chi connectivity index (χ1) is 16.6. The SMILES string of the molecule is CCCCS(=O)CCC[C@@H]1Cc2cc(OCOP(=O)(O)O)ccc2[C@H]2CC[C@]3(C)[C@@H](O)CC[C@H]3[C@H]12. The molecule has 7 atom stereocenters. The number of unbranched alkanes of at least 4 members (excludes halogenated alkanes) is 1. The maximum Gasteiger partial charge on any atom is 0.472 e. The van der Waals surface area contributed by atoms with Gasteiger partial charge in [-0.25, -0.2) is 9.09 Å². The van der Waals surface area contributed by atoms with E-state index in [2.05, 4.69) is 24.4 Å². The van der Waals surface area contributed by atoms with Crippen molar-refractivity contribution in [3.8, 4) is 5.75 Å². The van der Waals surface area contributed by atoms with Crippen molar-refractivity contribution in [1.29, 1.82) is 0 Å². The van der Waals surface area contributed by atoms with Gasteiger partial charge >= 0.3 is 7.82 Å². The second kappa shape index (κ2) is 11.3. The van der Waals surface area contributed by atoms with E-state index in [1.165, 1.54) is 11.1 Å². The van der Waals surface area contributed by atoms with Crippen molar-refractivity contribution < 1.29 is 32.9 Å². The normalized spacial score (nSPS) is 33.0. The van der Waals surface area contributed by atoms with Gasteiger partial charge < -0.3 is 19.6 Å². The van der Waals surface area contributed by atoms with Gasteiger partial charge in [0.05, 0.1) is 6.10 Å². The number of phosphoric ester groups is 1. The Morgan fingerprint density at radius 2 is 1.94 bits per heavy atom. The second-order valence-electron chi connectivity index (χ2n) is 11.0. The highest BCUT2D eigenvalue weighted by Crippen LogP contribution is 2.62. The Balaban J connectivity index is 1.53. The summed E-state index contributed by atoms with van der Waals surface area (Å²) in [6, 6.07) is 5.98. The molecule has 2 fully saturated rings. The molecule has 0 spiro atoms. The quantitative estimate of drug-likeness (QED) is 0.276. The van der Waals surface area contributed by atoms with Crippen LogP contribution in [-0.2, 0) is 26.3 Å². The number of fused-ring (bicyclic) bond motifs is 5. The third-order valence-electron chi connectivity index (χ3n) is 8.94. The van der Waals surface area contributed by atoms with Gasteiger partial charge in [0.2, 0.25) is 0 Å². The lowest BCUT2D eigenvalue weighted by atomic mass is 9.52. The summed E-state index contributed by atoms with van der Waals surface area (Å²) in [4.78, 5) is 17.8. The van der Waals surface area contributed by atoms with Gasteiger partial charge in [-0.2, -0.15) is 0 Å². The minimum Gasteiger partial charge on any atom is -0.467 e. The van der Waals surface area contributed by atoms with E-state index >= 15 is 0 Å². The van der Waals surface area contributed by atoms with Crippen LogP contribution in [0.3, 0.4) is 0 Å².